The minimum absolute atomic E-state index is 0.0470. The molecule has 0 saturated carbocycles. The van der Waals surface area contributed by atoms with Crippen molar-refractivity contribution in [1.29, 1.82) is 0 Å². The first-order chi connectivity index (χ1) is 8.34. The van der Waals surface area contributed by atoms with Crippen LogP contribution < -0.4 is 0 Å². The molecule has 18 heavy (non-hydrogen) atoms. The third-order valence-electron chi connectivity index (χ3n) is 2.57. The molecule has 0 aliphatic heterocycles. The molecule has 0 atom stereocenters. The molecule has 1 aromatic rings. The highest BCUT2D eigenvalue weighted by atomic mass is 32.2. The van der Waals surface area contributed by atoms with Crippen LogP contribution in [0.3, 0.4) is 0 Å². The molecule has 0 unspecified atom stereocenters. The summed E-state index contributed by atoms with van der Waals surface area (Å²) in [6.07, 6.45) is 0.478. The Morgan fingerprint density at radius 1 is 1.44 bits per heavy atom. The maximum Gasteiger partial charge on any atom is 0.335 e. The van der Waals surface area contributed by atoms with Crippen molar-refractivity contribution < 1.29 is 23.2 Å². The van der Waals surface area contributed by atoms with Gasteiger partial charge in [-0.1, -0.05) is 17.5 Å². The summed E-state index contributed by atoms with van der Waals surface area (Å²) in [6, 6.07) is 4.03. The van der Waals surface area contributed by atoms with Gasteiger partial charge in [0.15, 0.2) is 0 Å². The number of rotatable bonds is 5. The Kier molecular flexibility index (Phi) is 4.44. The summed E-state index contributed by atoms with van der Waals surface area (Å²) in [5.74, 6) is -1.17. The molecule has 1 aromatic carbocycles. The van der Waals surface area contributed by atoms with Crippen LogP contribution in [0.2, 0.25) is 0 Å². The van der Waals surface area contributed by atoms with Crippen LogP contribution in [0.25, 0.3) is 0 Å². The number of benzene rings is 1. The lowest BCUT2D eigenvalue weighted by Gasteiger charge is -2.16. The van der Waals surface area contributed by atoms with Crippen LogP contribution in [0.1, 0.15) is 22.8 Å². The topological polar surface area (TPSA) is 83.9 Å². The molecule has 0 aromatic heterocycles. The quantitative estimate of drug-likeness (QED) is 0.813. The van der Waals surface area contributed by atoms with Crippen LogP contribution in [0.5, 0.6) is 0 Å². The van der Waals surface area contributed by atoms with Crippen LogP contribution >= 0.6 is 0 Å². The van der Waals surface area contributed by atoms with E-state index in [0.29, 0.717) is 16.5 Å². The molecule has 0 amide bonds. The molecule has 0 heterocycles. The molecule has 0 aliphatic rings. The first kappa shape index (κ1) is 14.6. The molecule has 7 heteroatoms. The largest absolute Gasteiger partial charge is 0.478 e. The van der Waals surface area contributed by atoms with E-state index in [0.717, 1.165) is 6.07 Å². The Labute approximate surface area is 106 Å². The highest BCUT2D eigenvalue weighted by molar-refractivity contribution is 7.89. The first-order valence-corrected chi connectivity index (χ1v) is 6.67. The SMILES string of the molecule is CCc1ccc(C(=O)O)cc1S(=O)(=O)N(C)OC. The summed E-state index contributed by atoms with van der Waals surface area (Å²) in [5, 5.41) is 8.89. The Hall–Kier alpha value is -1.44. The number of aromatic carboxylic acids is 1. The average Bonchev–Trinajstić information content (AvgIpc) is 2.36. The van der Waals surface area contributed by atoms with E-state index < -0.39 is 16.0 Å². The summed E-state index contributed by atoms with van der Waals surface area (Å²) in [4.78, 5) is 15.5. The highest BCUT2D eigenvalue weighted by Gasteiger charge is 2.24. The molecule has 0 aliphatic carbocycles. The number of aryl methyl sites for hydroxylation is 1. The Morgan fingerprint density at radius 3 is 2.50 bits per heavy atom. The summed E-state index contributed by atoms with van der Waals surface area (Å²) in [6.45, 7) is 1.79. The Balaban J connectivity index is 3.46. The predicted molar refractivity (Wildman–Crippen MR) is 64.7 cm³/mol. The first-order valence-electron chi connectivity index (χ1n) is 5.23. The Bertz CT molecular complexity index is 553. The summed E-state index contributed by atoms with van der Waals surface area (Å²) >= 11 is 0. The van der Waals surface area contributed by atoms with Crippen molar-refractivity contribution in [2.75, 3.05) is 14.2 Å². The van der Waals surface area contributed by atoms with Crippen molar-refractivity contribution >= 4 is 16.0 Å². The van der Waals surface area contributed by atoms with Gasteiger partial charge < -0.3 is 5.11 Å². The molecule has 100 valence electrons. The molecule has 0 bridgehead atoms. The van der Waals surface area contributed by atoms with Crippen LogP contribution in [0.15, 0.2) is 23.1 Å². The fourth-order valence-electron chi connectivity index (χ4n) is 1.46. The molecule has 1 rings (SSSR count). The number of carboxylic acids is 1. The summed E-state index contributed by atoms with van der Waals surface area (Å²) < 4.78 is 25.0. The monoisotopic (exact) mass is 273 g/mol. The average molecular weight is 273 g/mol. The third kappa shape index (κ3) is 2.69. The van der Waals surface area contributed by atoms with Gasteiger partial charge in [0, 0.05) is 7.05 Å². The lowest BCUT2D eigenvalue weighted by Crippen LogP contribution is -2.27. The van der Waals surface area contributed by atoms with Gasteiger partial charge in [0.25, 0.3) is 10.0 Å². The van der Waals surface area contributed by atoms with E-state index in [1.54, 1.807) is 6.92 Å². The van der Waals surface area contributed by atoms with Crippen molar-refractivity contribution in [3.05, 3.63) is 29.3 Å². The van der Waals surface area contributed by atoms with Crippen molar-refractivity contribution in [2.45, 2.75) is 18.2 Å². The highest BCUT2D eigenvalue weighted by Crippen LogP contribution is 2.21. The lowest BCUT2D eigenvalue weighted by molar-refractivity contribution is -0.0259. The number of hydrogen-bond acceptors (Lipinski definition) is 4. The fourth-order valence-corrected chi connectivity index (χ4v) is 2.75. The van der Waals surface area contributed by atoms with Crippen molar-refractivity contribution in [1.82, 2.24) is 4.47 Å². The maximum atomic E-state index is 12.1. The van der Waals surface area contributed by atoms with Crippen LogP contribution in [-0.4, -0.2) is 38.1 Å². The second kappa shape index (κ2) is 5.47. The van der Waals surface area contributed by atoms with Gasteiger partial charge in [0.05, 0.1) is 17.6 Å². The summed E-state index contributed by atoms with van der Waals surface area (Å²) in [5.41, 5.74) is 0.471. The zero-order chi connectivity index (χ0) is 13.9. The molecule has 0 fully saturated rings. The molecule has 0 saturated heterocycles. The van der Waals surface area contributed by atoms with Gasteiger partial charge in [0.2, 0.25) is 0 Å². The minimum Gasteiger partial charge on any atom is -0.478 e. The normalized spacial score (nSPS) is 11.8. The number of hydroxylamine groups is 1. The van der Waals surface area contributed by atoms with Gasteiger partial charge in [-0.05, 0) is 24.1 Å². The minimum atomic E-state index is -3.84. The molecular formula is C11H15NO5S. The van der Waals surface area contributed by atoms with Gasteiger partial charge in [-0.3, -0.25) is 4.84 Å². The smallest absolute Gasteiger partial charge is 0.335 e. The van der Waals surface area contributed by atoms with Crippen molar-refractivity contribution in [3.63, 3.8) is 0 Å². The molecule has 0 radical (unpaired) electrons. The van der Waals surface area contributed by atoms with E-state index in [-0.39, 0.29) is 10.5 Å². The van der Waals surface area contributed by atoms with Gasteiger partial charge in [-0.15, -0.1) is 0 Å². The standard InChI is InChI=1S/C11H15NO5S/c1-4-8-5-6-9(11(13)14)7-10(8)18(15,16)12(2)17-3/h5-7H,4H2,1-3H3,(H,13,14). The molecule has 0 spiro atoms. The number of carboxylic acid groups (broad SMARTS) is 1. The number of sulfonamides is 1. The predicted octanol–water partition coefficient (Wildman–Crippen LogP) is 1.13. The van der Waals surface area contributed by atoms with Crippen LogP contribution in [0, 0.1) is 0 Å². The van der Waals surface area contributed by atoms with E-state index in [9.17, 15) is 13.2 Å². The number of carbonyl (C=O) groups is 1. The van der Waals surface area contributed by atoms with E-state index in [1.807, 2.05) is 0 Å². The number of nitrogens with zero attached hydrogens (tertiary/aromatic N) is 1. The third-order valence-corrected chi connectivity index (χ3v) is 4.33. The van der Waals surface area contributed by atoms with Gasteiger partial charge in [-0.2, -0.15) is 0 Å². The zero-order valence-electron chi connectivity index (χ0n) is 10.4. The van der Waals surface area contributed by atoms with Gasteiger partial charge in [0.1, 0.15) is 0 Å². The molecule has 6 nitrogen and oxygen atoms in total. The second-order valence-corrected chi connectivity index (χ2v) is 5.48. The lowest BCUT2D eigenvalue weighted by atomic mass is 10.1. The fraction of sp³-hybridized carbons (Fsp3) is 0.364. The van der Waals surface area contributed by atoms with Gasteiger partial charge in [-0.25, -0.2) is 13.2 Å². The van der Waals surface area contributed by atoms with E-state index in [2.05, 4.69) is 4.84 Å². The maximum absolute atomic E-state index is 12.1. The Morgan fingerprint density at radius 2 is 2.06 bits per heavy atom. The van der Waals surface area contributed by atoms with Crippen LogP contribution in [0.4, 0.5) is 0 Å². The molecule has 1 N–H and O–H groups in total. The zero-order valence-corrected chi connectivity index (χ0v) is 11.2. The second-order valence-electron chi connectivity index (χ2n) is 3.58. The van der Waals surface area contributed by atoms with E-state index in [4.69, 9.17) is 5.11 Å². The number of hydrogen-bond donors (Lipinski definition) is 1. The van der Waals surface area contributed by atoms with Crippen LogP contribution in [-0.2, 0) is 21.3 Å². The van der Waals surface area contributed by atoms with Crippen molar-refractivity contribution in [3.8, 4) is 0 Å². The summed E-state index contributed by atoms with van der Waals surface area (Å²) in [7, 11) is -1.36. The van der Waals surface area contributed by atoms with E-state index in [1.165, 1.54) is 26.3 Å². The van der Waals surface area contributed by atoms with Gasteiger partial charge >= 0.3 is 5.97 Å². The molecular weight excluding hydrogens is 258 g/mol. The van der Waals surface area contributed by atoms with Crippen molar-refractivity contribution in [2.24, 2.45) is 0 Å². The van der Waals surface area contributed by atoms with E-state index >= 15 is 0 Å².